The van der Waals surface area contributed by atoms with Gasteiger partial charge in [0.05, 0.1) is 12.2 Å². The molecule has 0 radical (unpaired) electrons. The van der Waals surface area contributed by atoms with E-state index in [1.807, 2.05) is 52.0 Å². The molecule has 0 bridgehead atoms. The molecule has 0 N–H and O–H groups in total. The predicted octanol–water partition coefficient (Wildman–Crippen LogP) is 5.59. The van der Waals surface area contributed by atoms with E-state index >= 15 is 0 Å². The fourth-order valence-corrected chi connectivity index (χ4v) is 2.61. The standard InChI is InChI=1S/C21H28O2/c1-15(2)22-19-11-7-17(8-12-19)21(5,6)18-9-13-20(14-10-18)23-16(3)4/h7-16H,1-6H3. The van der Waals surface area contributed by atoms with Gasteiger partial charge in [0, 0.05) is 5.41 Å². The van der Waals surface area contributed by atoms with Crippen LogP contribution in [0.1, 0.15) is 52.7 Å². The third-order valence-electron chi connectivity index (χ3n) is 3.90. The van der Waals surface area contributed by atoms with Crippen LogP contribution in [0.3, 0.4) is 0 Å². The van der Waals surface area contributed by atoms with E-state index < -0.39 is 0 Å². The topological polar surface area (TPSA) is 18.5 Å². The Balaban J connectivity index is 2.19. The van der Waals surface area contributed by atoms with E-state index in [2.05, 4.69) is 38.1 Å². The zero-order valence-electron chi connectivity index (χ0n) is 15.1. The lowest BCUT2D eigenvalue weighted by molar-refractivity contribution is 0.242. The monoisotopic (exact) mass is 312 g/mol. The highest BCUT2D eigenvalue weighted by molar-refractivity contribution is 5.41. The van der Waals surface area contributed by atoms with Crippen LogP contribution in [0.2, 0.25) is 0 Å². The lowest BCUT2D eigenvalue weighted by Gasteiger charge is -2.26. The summed E-state index contributed by atoms with van der Waals surface area (Å²) in [7, 11) is 0. The molecule has 0 amide bonds. The summed E-state index contributed by atoms with van der Waals surface area (Å²) in [5.74, 6) is 1.83. The van der Waals surface area contributed by atoms with Crippen molar-refractivity contribution in [3.8, 4) is 11.5 Å². The minimum absolute atomic E-state index is 0.0628. The Morgan fingerprint density at radius 1 is 0.609 bits per heavy atom. The van der Waals surface area contributed by atoms with Gasteiger partial charge in [-0.1, -0.05) is 38.1 Å². The van der Waals surface area contributed by atoms with Crippen molar-refractivity contribution >= 4 is 0 Å². The molecule has 0 heterocycles. The van der Waals surface area contributed by atoms with Crippen LogP contribution in [0.5, 0.6) is 11.5 Å². The fourth-order valence-electron chi connectivity index (χ4n) is 2.61. The van der Waals surface area contributed by atoms with Gasteiger partial charge in [0.2, 0.25) is 0 Å². The maximum Gasteiger partial charge on any atom is 0.119 e. The Morgan fingerprint density at radius 2 is 0.913 bits per heavy atom. The average molecular weight is 312 g/mol. The second kappa shape index (κ2) is 7.08. The smallest absolute Gasteiger partial charge is 0.119 e. The molecule has 2 aromatic carbocycles. The molecule has 124 valence electrons. The van der Waals surface area contributed by atoms with Gasteiger partial charge in [0.1, 0.15) is 11.5 Å². The molecule has 0 fully saturated rings. The second-order valence-corrected chi connectivity index (χ2v) is 7.01. The molecule has 2 nitrogen and oxygen atoms in total. The summed E-state index contributed by atoms with van der Waals surface area (Å²) in [4.78, 5) is 0. The number of hydrogen-bond donors (Lipinski definition) is 0. The van der Waals surface area contributed by atoms with Gasteiger partial charge in [-0.3, -0.25) is 0 Å². The summed E-state index contributed by atoms with van der Waals surface area (Å²) in [6.07, 6.45) is 0.393. The van der Waals surface area contributed by atoms with Crippen LogP contribution in [-0.4, -0.2) is 12.2 Å². The third-order valence-corrected chi connectivity index (χ3v) is 3.90. The Hall–Kier alpha value is -1.96. The highest BCUT2D eigenvalue weighted by Gasteiger charge is 2.23. The Morgan fingerprint density at radius 3 is 1.17 bits per heavy atom. The van der Waals surface area contributed by atoms with Crippen LogP contribution in [0.4, 0.5) is 0 Å². The Bertz CT molecular complexity index is 552. The van der Waals surface area contributed by atoms with E-state index in [4.69, 9.17) is 9.47 Å². The number of benzene rings is 2. The van der Waals surface area contributed by atoms with Crippen LogP contribution < -0.4 is 9.47 Å². The molecule has 0 aromatic heterocycles. The van der Waals surface area contributed by atoms with Gasteiger partial charge >= 0.3 is 0 Å². The van der Waals surface area contributed by atoms with Crippen molar-refractivity contribution in [1.82, 2.24) is 0 Å². The van der Waals surface area contributed by atoms with Crippen molar-refractivity contribution in [1.29, 1.82) is 0 Å². The molecule has 0 atom stereocenters. The van der Waals surface area contributed by atoms with E-state index in [0.717, 1.165) is 11.5 Å². The Labute approximate surface area is 140 Å². The van der Waals surface area contributed by atoms with Crippen LogP contribution in [-0.2, 0) is 5.41 Å². The van der Waals surface area contributed by atoms with Crippen LogP contribution >= 0.6 is 0 Å². The molecule has 2 heteroatoms. The van der Waals surface area contributed by atoms with Crippen molar-refractivity contribution in [3.63, 3.8) is 0 Å². The van der Waals surface area contributed by atoms with Gasteiger partial charge < -0.3 is 9.47 Å². The minimum atomic E-state index is -0.0628. The van der Waals surface area contributed by atoms with Crippen molar-refractivity contribution in [3.05, 3.63) is 59.7 Å². The van der Waals surface area contributed by atoms with Gasteiger partial charge in [0.15, 0.2) is 0 Å². The zero-order valence-corrected chi connectivity index (χ0v) is 15.1. The second-order valence-electron chi connectivity index (χ2n) is 7.01. The van der Waals surface area contributed by atoms with Crippen molar-refractivity contribution < 1.29 is 9.47 Å². The first-order valence-electron chi connectivity index (χ1n) is 8.33. The van der Waals surface area contributed by atoms with Gasteiger partial charge in [-0.15, -0.1) is 0 Å². The van der Waals surface area contributed by atoms with Gasteiger partial charge in [-0.25, -0.2) is 0 Å². The third kappa shape index (κ3) is 4.51. The quantitative estimate of drug-likeness (QED) is 0.692. The maximum absolute atomic E-state index is 5.72. The van der Waals surface area contributed by atoms with Crippen molar-refractivity contribution in [2.24, 2.45) is 0 Å². The molecule has 0 spiro atoms. The first-order chi connectivity index (χ1) is 10.8. The summed E-state index contributed by atoms with van der Waals surface area (Å²) in [6, 6.07) is 16.8. The lowest BCUT2D eigenvalue weighted by atomic mass is 9.78. The van der Waals surface area contributed by atoms with Crippen LogP contribution in [0, 0.1) is 0 Å². The SMILES string of the molecule is CC(C)Oc1ccc(C(C)(C)c2ccc(OC(C)C)cc2)cc1. The molecule has 23 heavy (non-hydrogen) atoms. The molecule has 0 aliphatic carbocycles. The maximum atomic E-state index is 5.72. The molecule has 2 rings (SSSR count). The van der Waals surface area contributed by atoms with Gasteiger partial charge in [0.25, 0.3) is 0 Å². The molecular weight excluding hydrogens is 284 g/mol. The lowest BCUT2D eigenvalue weighted by Crippen LogP contribution is -2.19. The predicted molar refractivity (Wildman–Crippen MR) is 96.5 cm³/mol. The summed E-state index contributed by atoms with van der Waals surface area (Å²) in [6.45, 7) is 12.6. The van der Waals surface area contributed by atoms with E-state index in [9.17, 15) is 0 Å². The average Bonchev–Trinajstić information content (AvgIpc) is 2.47. The fraction of sp³-hybridized carbons (Fsp3) is 0.429. The summed E-state index contributed by atoms with van der Waals surface area (Å²) in [5.41, 5.74) is 2.48. The first-order valence-corrected chi connectivity index (χ1v) is 8.33. The van der Waals surface area contributed by atoms with Crippen LogP contribution in [0.25, 0.3) is 0 Å². The van der Waals surface area contributed by atoms with E-state index in [0.29, 0.717) is 0 Å². The first kappa shape index (κ1) is 17.4. The highest BCUT2D eigenvalue weighted by Crippen LogP contribution is 2.33. The molecule has 2 aromatic rings. The molecule has 0 saturated carbocycles. The largest absolute Gasteiger partial charge is 0.491 e. The van der Waals surface area contributed by atoms with Gasteiger partial charge in [-0.2, -0.15) is 0 Å². The summed E-state index contributed by atoms with van der Waals surface area (Å²) >= 11 is 0. The summed E-state index contributed by atoms with van der Waals surface area (Å²) in [5, 5.41) is 0. The number of ether oxygens (including phenoxy) is 2. The molecule has 0 aliphatic heterocycles. The minimum Gasteiger partial charge on any atom is -0.491 e. The zero-order chi connectivity index (χ0) is 17.0. The summed E-state index contributed by atoms with van der Waals surface area (Å²) < 4.78 is 11.4. The Kier molecular flexibility index (Phi) is 5.35. The van der Waals surface area contributed by atoms with E-state index in [1.54, 1.807) is 0 Å². The molecular formula is C21H28O2. The molecule has 0 aliphatic rings. The van der Waals surface area contributed by atoms with E-state index in [1.165, 1.54) is 11.1 Å². The number of rotatable bonds is 6. The van der Waals surface area contributed by atoms with Gasteiger partial charge in [-0.05, 0) is 63.1 Å². The molecule has 0 saturated heterocycles. The number of hydrogen-bond acceptors (Lipinski definition) is 2. The van der Waals surface area contributed by atoms with Crippen molar-refractivity contribution in [2.75, 3.05) is 0 Å². The van der Waals surface area contributed by atoms with Crippen molar-refractivity contribution in [2.45, 2.75) is 59.2 Å². The molecule has 0 unspecified atom stereocenters. The van der Waals surface area contributed by atoms with E-state index in [-0.39, 0.29) is 17.6 Å². The highest BCUT2D eigenvalue weighted by atomic mass is 16.5. The normalized spacial score (nSPS) is 11.8. The van der Waals surface area contributed by atoms with Crippen LogP contribution in [0.15, 0.2) is 48.5 Å².